The van der Waals surface area contributed by atoms with Crippen LogP contribution in [0.1, 0.15) is 44.1 Å². The number of nitrogens with one attached hydrogen (secondary N) is 1. The number of rotatable bonds is 4. The van der Waals surface area contributed by atoms with Crippen molar-refractivity contribution in [3.63, 3.8) is 0 Å². The lowest BCUT2D eigenvalue weighted by atomic mass is 9.56. The maximum absolute atomic E-state index is 13.5. The smallest absolute Gasteiger partial charge is 0.123 e. The van der Waals surface area contributed by atoms with Crippen LogP contribution in [0.3, 0.4) is 0 Å². The van der Waals surface area contributed by atoms with Crippen molar-refractivity contribution in [3.05, 3.63) is 35.6 Å². The van der Waals surface area contributed by atoms with Crippen LogP contribution < -0.4 is 5.32 Å². The summed E-state index contributed by atoms with van der Waals surface area (Å²) in [5.74, 6) is -0.0879. The van der Waals surface area contributed by atoms with Crippen LogP contribution in [-0.4, -0.2) is 12.6 Å². The van der Waals surface area contributed by atoms with E-state index in [4.69, 9.17) is 0 Å². The minimum atomic E-state index is -0.0879. The van der Waals surface area contributed by atoms with E-state index >= 15 is 0 Å². The summed E-state index contributed by atoms with van der Waals surface area (Å²) in [7, 11) is 0. The van der Waals surface area contributed by atoms with Crippen LogP contribution in [-0.2, 0) is 5.41 Å². The average molecular weight is 245 g/mol. The Hall–Kier alpha value is -0.890. The topological polar surface area (TPSA) is 12.0 Å². The molecule has 3 saturated carbocycles. The fraction of sp³-hybridized carbons (Fsp3) is 0.625. The summed E-state index contributed by atoms with van der Waals surface area (Å²) < 4.78 is 13.5. The van der Waals surface area contributed by atoms with Crippen LogP contribution in [0.15, 0.2) is 24.3 Å². The molecular weight excluding hydrogens is 225 g/mol. The first-order valence-corrected chi connectivity index (χ1v) is 7.19. The Morgan fingerprint density at radius 1 is 1.22 bits per heavy atom. The zero-order chi connectivity index (χ0) is 12.2. The second-order valence-corrected chi connectivity index (χ2v) is 6.80. The highest BCUT2D eigenvalue weighted by Gasteiger charge is 2.61. The van der Waals surface area contributed by atoms with Crippen molar-refractivity contribution in [1.29, 1.82) is 0 Å². The molecule has 96 valence electrons. The van der Waals surface area contributed by atoms with E-state index in [0.29, 0.717) is 5.41 Å². The van der Waals surface area contributed by atoms with E-state index in [-0.39, 0.29) is 11.2 Å². The predicted molar refractivity (Wildman–Crippen MR) is 70.0 cm³/mol. The molecule has 2 heteroatoms. The minimum Gasteiger partial charge on any atom is -0.313 e. The Morgan fingerprint density at radius 2 is 2.00 bits per heavy atom. The van der Waals surface area contributed by atoms with Gasteiger partial charge in [0, 0.05) is 18.0 Å². The van der Waals surface area contributed by atoms with Gasteiger partial charge in [0.15, 0.2) is 0 Å². The first-order chi connectivity index (χ1) is 8.70. The van der Waals surface area contributed by atoms with Gasteiger partial charge in [-0.3, -0.25) is 0 Å². The highest BCUT2D eigenvalue weighted by molar-refractivity contribution is 5.34. The first kappa shape index (κ1) is 11.0. The van der Waals surface area contributed by atoms with Crippen molar-refractivity contribution in [2.75, 3.05) is 6.54 Å². The number of halogens is 1. The molecule has 3 fully saturated rings. The second kappa shape index (κ2) is 3.57. The molecule has 0 atom stereocenters. The van der Waals surface area contributed by atoms with Crippen molar-refractivity contribution in [1.82, 2.24) is 5.32 Å². The van der Waals surface area contributed by atoms with Crippen LogP contribution in [0.25, 0.3) is 0 Å². The van der Waals surface area contributed by atoms with Crippen molar-refractivity contribution in [3.8, 4) is 0 Å². The van der Waals surface area contributed by atoms with Crippen molar-refractivity contribution in [2.24, 2.45) is 5.41 Å². The van der Waals surface area contributed by atoms with Gasteiger partial charge in [-0.15, -0.1) is 0 Å². The summed E-state index contributed by atoms with van der Waals surface area (Å²) in [5, 5.41) is 3.66. The largest absolute Gasteiger partial charge is 0.313 e. The van der Waals surface area contributed by atoms with E-state index in [0.717, 1.165) is 12.6 Å². The van der Waals surface area contributed by atoms with Crippen LogP contribution in [0.5, 0.6) is 0 Å². The highest BCUT2D eigenvalue weighted by atomic mass is 19.1. The quantitative estimate of drug-likeness (QED) is 0.857. The molecule has 0 saturated heterocycles. The Labute approximate surface area is 108 Å². The van der Waals surface area contributed by atoms with E-state index in [9.17, 15) is 4.39 Å². The van der Waals surface area contributed by atoms with Gasteiger partial charge in [-0.05, 0) is 61.6 Å². The molecule has 3 aliphatic carbocycles. The van der Waals surface area contributed by atoms with Crippen LogP contribution in [0.4, 0.5) is 4.39 Å². The van der Waals surface area contributed by atoms with Crippen molar-refractivity contribution < 1.29 is 4.39 Å². The number of hydrogen-bond acceptors (Lipinski definition) is 1. The molecule has 1 aromatic carbocycles. The summed E-state index contributed by atoms with van der Waals surface area (Å²) >= 11 is 0. The van der Waals surface area contributed by atoms with Crippen LogP contribution in [0.2, 0.25) is 0 Å². The second-order valence-electron chi connectivity index (χ2n) is 6.80. The van der Waals surface area contributed by atoms with E-state index in [1.807, 2.05) is 6.07 Å². The van der Waals surface area contributed by atoms with Gasteiger partial charge in [0.25, 0.3) is 0 Å². The van der Waals surface area contributed by atoms with E-state index in [2.05, 4.69) is 11.4 Å². The Bertz CT molecular complexity index is 466. The third-order valence-electron chi connectivity index (χ3n) is 5.13. The molecule has 0 bridgehead atoms. The number of hydrogen-bond donors (Lipinski definition) is 1. The van der Waals surface area contributed by atoms with Gasteiger partial charge in [0.1, 0.15) is 5.82 Å². The molecule has 4 rings (SSSR count). The summed E-state index contributed by atoms with van der Waals surface area (Å²) in [6.45, 7) is 1.04. The minimum absolute atomic E-state index is 0.0879. The zero-order valence-electron chi connectivity index (χ0n) is 10.7. The van der Waals surface area contributed by atoms with Crippen molar-refractivity contribution in [2.45, 2.75) is 50.0 Å². The molecule has 0 aliphatic heterocycles. The lowest BCUT2D eigenvalue weighted by molar-refractivity contribution is 0.115. The van der Waals surface area contributed by atoms with Crippen LogP contribution in [0, 0.1) is 11.2 Å². The molecule has 1 nitrogen and oxygen atoms in total. The maximum Gasteiger partial charge on any atom is 0.123 e. The van der Waals surface area contributed by atoms with Crippen molar-refractivity contribution >= 4 is 0 Å². The van der Waals surface area contributed by atoms with Gasteiger partial charge in [0.2, 0.25) is 0 Å². The van der Waals surface area contributed by atoms with Gasteiger partial charge in [-0.2, -0.15) is 0 Å². The standard InChI is InChI=1S/C16H20FN/c17-13-3-1-2-12(8-13)16(11-18-14-4-5-14)9-15(10-16)6-7-15/h1-3,8,14,18H,4-7,9-11H2. The fourth-order valence-electron chi connectivity index (χ4n) is 3.79. The third kappa shape index (κ3) is 1.78. The lowest BCUT2D eigenvalue weighted by Crippen LogP contribution is -2.50. The summed E-state index contributed by atoms with van der Waals surface area (Å²) in [6, 6.07) is 8.03. The van der Waals surface area contributed by atoms with E-state index in [1.54, 1.807) is 12.1 Å². The van der Waals surface area contributed by atoms with Gasteiger partial charge in [0.05, 0.1) is 0 Å². The first-order valence-electron chi connectivity index (χ1n) is 7.19. The Morgan fingerprint density at radius 3 is 2.61 bits per heavy atom. The normalized spacial score (nSPS) is 26.9. The molecule has 0 aromatic heterocycles. The van der Waals surface area contributed by atoms with E-state index < -0.39 is 0 Å². The molecule has 1 N–H and O–H groups in total. The Kier molecular flexibility index (Phi) is 2.18. The third-order valence-corrected chi connectivity index (χ3v) is 5.13. The average Bonchev–Trinajstić information content (AvgIpc) is 3.19. The zero-order valence-corrected chi connectivity index (χ0v) is 10.7. The Balaban J connectivity index is 1.57. The van der Waals surface area contributed by atoms with Gasteiger partial charge >= 0.3 is 0 Å². The predicted octanol–water partition coefficient (Wildman–Crippen LogP) is 3.39. The summed E-state index contributed by atoms with van der Waals surface area (Å²) in [6.07, 6.45) is 7.97. The molecule has 0 unspecified atom stereocenters. The van der Waals surface area contributed by atoms with Gasteiger partial charge in [-0.25, -0.2) is 4.39 Å². The van der Waals surface area contributed by atoms with Gasteiger partial charge in [-0.1, -0.05) is 12.1 Å². The molecule has 18 heavy (non-hydrogen) atoms. The molecule has 1 aromatic rings. The summed E-state index contributed by atoms with van der Waals surface area (Å²) in [5.41, 5.74) is 2.09. The van der Waals surface area contributed by atoms with Crippen LogP contribution >= 0.6 is 0 Å². The maximum atomic E-state index is 13.5. The highest BCUT2D eigenvalue weighted by Crippen LogP contribution is 2.68. The summed E-state index contributed by atoms with van der Waals surface area (Å²) in [4.78, 5) is 0. The number of benzene rings is 1. The van der Waals surface area contributed by atoms with Gasteiger partial charge < -0.3 is 5.32 Å². The monoisotopic (exact) mass is 245 g/mol. The molecule has 1 spiro atoms. The lowest BCUT2D eigenvalue weighted by Gasteiger charge is -2.49. The molecule has 0 heterocycles. The van der Waals surface area contributed by atoms with E-state index in [1.165, 1.54) is 44.1 Å². The molecular formula is C16H20FN. The molecule has 3 aliphatic rings. The molecule has 0 amide bonds. The fourth-order valence-corrected chi connectivity index (χ4v) is 3.79. The SMILES string of the molecule is Fc1cccc(C2(CNC3CC3)CC3(CC3)C2)c1. The molecule has 0 radical (unpaired) electrons.